The molecule has 0 spiro atoms. The van der Waals surface area contributed by atoms with Crippen LogP contribution in [0.1, 0.15) is 38.9 Å². The summed E-state index contributed by atoms with van der Waals surface area (Å²) in [5.74, 6) is 0.505. The molecule has 2 nitrogen and oxygen atoms in total. The zero-order valence-corrected chi connectivity index (χ0v) is 19.6. The summed E-state index contributed by atoms with van der Waals surface area (Å²) in [7, 11) is 0. The van der Waals surface area contributed by atoms with Crippen LogP contribution in [0.4, 0.5) is 0 Å². The number of phenols is 2. The lowest BCUT2D eigenvalue weighted by Crippen LogP contribution is -2.30. The van der Waals surface area contributed by atoms with E-state index < -0.39 is 5.41 Å². The van der Waals surface area contributed by atoms with Crippen LogP contribution in [0.25, 0.3) is 11.1 Å². The number of aryl methyl sites for hydroxylation is 1. The van der Waals surface area contributed by atoms with Crippen molar-refractivity contribution in [2.75, 3.05) is 0 Å². The molecule has 5 aromatic carbocycles. The van der Waals surface area contributed by atoms with Gasteiger partial charge in [-0.1, -0.05) is 96.6 Å². The summed E-state index contributed by atoms with van der Waals surface area (Å²) in [5, 5.41) is 20.7. The molecule has 0 unspecified atom stereocenters. The number of hydrogen-bond acceptors (Lipinski definition) is 2. The Morgan fingerprint density at radius 3 is 1.77 bits per heavy atom. The van der Waals surface area contributed by atoms with Crippen LogP contribution in [0.2, 0.25) is 0 Å². The van der Waals surface area contributed by atoms with E-state index in [0.717, 1.165) is 16.7 Å². The molecule has 0 bridgehead atoms. The van der Waals surface area contributed by atoms with Crippen molar-refractivity contribution in [1.82, 2.24) is 0 Å². The molecule has 0 heterocycles. The molecule has 0 saturated carbocycles. The van der Waals surface area contributed by atoms with Crippen molar-refractivity contribution in [2.45, 2.75) is 18.8 Å². The zero-order valence-electron chi connectivity index (χ0n) is 19.6. The summed E-state index contributed by atoms with van der Waals surface area (Å²) < 4.78 is 0. The summed E-state index contributed by atoms with van der Waals surface area (Å²) in [6.45, 7) is 2.09. The first-order chi connectivity index (χ1) is 17.1. The van der Waals surface area contributed by atoms with Gasteiger partial charge < -0.3 is 10.2 Å². The highest BCUT2D eigenvalue weighted by molar-refractivity contribution is 5.86. The Hall–Kier alpha value is -4.30. The molecule has 2 heteroatoms. The van der Waals surface area contributed by atoms with E-state index in [4.69, 9.17) is 0 Å². The van der Waals surface area contributed by atoms with E-state index in [2.05, 4.69) is 85.8 Å². The predicted octanol–water partition coefficient (Wildman–Crippen LogP) is 7.36. The molecule has 0 atom stereocenters. The fraction of sp³-hybridized carbons (Fsp3) is 0.0909. The van der Waals surface area contributed by atoms with Crippen LogP contribution in [0.5, 0.6) is 11.5 Å². The topological polar surface area (TPSA) is 40.5 Å². The van der Waals surface area contributed by atoms with Gasteiger partial charge >= 0.3 is 0 Å². The van der Waals surface area contributed by atoms with Crippen molar-refractivity contribution in [3.8, 4) is 22.6 Å². The molecule has 35 heavy (non-hydrogen) atoms. The van der Waals surface area contributed by atoms with Crippen molar-refractivity contribution in [3.05, 3.63) is 154 Å². The van der Waals surface area contributed by atoms with Gasteiger partial charge in [0.05, 0.1) is 5.41 Å². The van der Waals surface area contributed by atoms with Crippen molar-refractivity contribution in [1.29, 1.82) is 0 Å². The standard InChI is InChI=1S/C33H26O2/c1-22-10-12-23(13-11-22)20-24-21-27(35)18-19-30(24)33(25-14-16-26(34)17-15-25)31-8-4-2-6-28(31)29-7-3-5-9-32(29)33/h2-19,21,34-35H,20H2,1H3. The van der Waals surface area contributed by atoms with Crippen LogP contribution < -0.4 is 0 Å². The number of fused-ring (bicyclic) bond motifs is 3. The molecular weight excluding hydrogens is 428 g/mol. The molecular formula is C33H26O2. The maximum Gasteiger partial charge on any atom is 0.115 e. The summed E-state index contributed by atoms with van der Waals surface area (Å²) >= 11 is 0. The van der Waals surface area contributed by atoms with Crippen LogP contribution >= 0.6 is 0 Å². The molecule has 6 rings (SSSR count). The first-order valence-corrected chi connectivity index (χ1v) is 11.9. The molecule has 0 fully saturated rings. The van der Waals surface area contributed by atoms with Crippen molar-refractivity contribution in [3.63, 3.8) is 0 Å². The van der Waals surface area contributed by atoms with Crippen molar-refractivity contribution < 1.29 is 10.2 Å². The minimum absolute atomic E-state index is 0.244. The highest BCUT2D eigenvalue weighted by atomic mass is 16.3. The third-order valence-electron chi connectivity index (χ3n) is 7.26. The lowest BCUT2D eigenvalue weighted by molar-refractivity contribution is 0.474. The fourth-order valence-corrected chi connectivity index (χ4v) is 5.72. The second-order valence-corrected chi connectivity index (χ2v) is 9.39. The van der Waals surface area contributed by atoms with Crippen LogP contribution in [0.15, 0.2) is 115 Å². The Labute approximate surface area is 205 Å². The SMILES string of the molecule is Cc1ccc(Cc2cc(O)ccc2C2(c3ccc(O)cc3)c3ccccc3-c3ccccc32)cc1. The second-order valence-electron chi connectivity index (χ2n) is 9.39. The van der Waals surface area contributed by atoms with Crippen LogP contribution in [0.3, 0.4) is 0 Å². The maximum absolute atomic E-state index is 10.6. The summed E-state index contributed by atoms with van der Waals surface area (Å²) in [6, 6.07) is 39.1. The van der Waals surface area contributed by atoms with E-state index in [1.807, 2.05) is 18.2 Å². The van der Waals surface area contributed by atoms with Gasteiger partial charge in [0.25, 0.3) is 0 Å². The molecule has 2 N–H and O–H groups in total. The lowest BCUT2D eigenvalue weighted by atomic mass is 9.66. The van der Waals surface area contributed by atoms with Crippen LogP contribution in [-0.2, 0) is 11.8 Å². The Morgan fingerprint density at radius 2 is 1.14 bits per heavy atom. The molecule has 1 aliphatic rings. The highest BCUT2D eigenvalue weighted by Crippen LogP contribution is 2.57. The molecule has 1 aliphatic carbocycles. The number of aromatic hydroxyl groups is 2. The van der Waals surface area contributed by atoms with Gasteiger partial charge in [0.2, 0.25) is 0 Å². The van der Waals surface area contributed by atoms with Gasteiger partial charge in [-0.05, 0) is 82.1 Å². The van der Waals surface area contributed by atoms with Gasteiger partial charge in [-0.3, -0.25) is 0 Å². The van der Waals surface area contributed by atoms with Crippen molar-refractivity contribution >= 4 is 0 Å². The first-order valence-electron chi connectivity index (χ1n) is 11.9. The first kappa shape index (κ1) is 21.2. The highest BCUT2D eigenvalue weighted by Gasteiger charge is 2.46. The molecule has 0 saturated heterocycles. The Kier molecular flexibility index (Phi) is 4.96. The lowest BCUT2D eigenvalue weighted by Gasteiger charge is -2.35. The average molecular weight is 455 g/mol. The third-order valence-corrected chi connectivity index (χ3v) is 7.26. The number of benzene rings is 5. The molecule has 0 aliphatic heterocycles. The zero-order chi connectivity index (χ0) is 24.0. The molecule has 0 radical (unpaired) electrons. The van der Waals surface area contributed by atoms with Gasteiger partial charge in [-0.2, -0.15) is 0 Å². The fourth-order valence-electron chi connectivity index (χ4n) is 5.72. The van der Waals surface area contributed by atoms with E-state index >= 15 is 0 Å². The monoisotopic (exact) mass is 454 g/mol. The van der Waals surface area contributed by atoms with Gasteiger partial charge in [0, 0.05) is 0 Å². The largest absolute Gasteiger partial charge is 0.508 e. The van der Waals surface area contributed by atoms with Crippen LogP contribution in [-0.4, -0.2) is 10.2 Å². The second kappa shape index (κ2) is 8.18. The number of hydrogen-bond donors (Lipinski definition) is 2. The number of phenolic OH excluding ortho intramolecular Hbond substituents is 2. The Morgan fingerprint density at radius 1 is 0.571 bits per heavy atom. The number of rotatable bonds is 4. The molecule has 170 valence electrons. The minimum Gasteiger partial charge on any atom is -0.508 e. The van der Waals surface area contributed by atoms with E-state index in [-0.39, 0.29) is 11.5 Å². The molecule has 0 aromatic heterocycles. The summed E-state index contributed by atoms with van der Waals surface area (Å²) in [6.07, 6.45) is 0.703. The Balaban J connectivity index is 1.69. The third kappa shape index (κ3) is 3.33. The summed E-state index contributed by atoms with van der Waals surface area (Å²) in [4.78, 5) is 0. The normalized spacial score (nSPS) is 13.3. The van der Waals surface area contributed by atoms with Gasteiger partial charge in [-0.25, -0.2) is 0 Å². The smallest absolute Gasteiger partial charge is 0.115 e. The van der Waals surface area contributed by atoms with E-state index in [1.165, 1.54) is 33.4 Å². The van der Waals surface area contributed by atoms with E-state index in [0.29, 0.717) is 6.42 Å². The quantitative estimate of drug-likeness (QED) is 0.292. The van der Waals surface area contributed by atoms with Crippen molar-refractivity contribution in [2.24, 2.45) is 0 Å². The van der Waals surface area contributed by atoms with Gasteiger partial charge in [0.1, 0.15) is 11.5 Å². The molecule has 0 amide bonds. The molecule has 5 aromatic rings. The van der Waals surface area contributed by atoms with E-state index in [9.17, 15) is 10.2 Å². The maximum atomic E-state index is 10.6. The Bertz CT molecular complexity index is 1480. The average Bonchev–Trinajstić information content (AvgIpc) is 3.17. The van der Waals surface area contributed by atoms with E-state index in [1.54, 1.807) is 18.2 Å². The predicted molar refractivity (Wildman–Crippen MR) is 141 cm³/mol. The minimum atomic E-state index is -0.575. The van der Waals surface area contributed by atoms with Gasteiger partial charge in [0.15, 0.2) is 0 Å². The summed E-state index contributed by atoms with van der Waals surface area (Å²) in [5.41, 5.74) is 10.00. The van der Waals surface area contributed by atoms with Crippen LogP contribution in [0, 0.1) is 6.92 Å². The van der Waals surface area contributed by atoms with Gasteiger partial charge in [-0.15, -0.1) is 0 Å².